The number of aryl methyl sites for hydroxylation is 2. The van der Waals surface area contributed by atoms with Gasteiger partial charge in [-0.25, -0.2) is 4.98 Å². The second-order valence-electron chi connectivity index (χ2n) is 3.73. The number of halogens is 1. The highest BCUT2D eigenvalue weighted by Crippen LogP contribution is 2.22. The minimum Gasteiger partial charge on any atom is -0.382 e. The zero-order valence-electron chi connectivity index (χ0n) is 8.92. The Kier molecular flexibility index (Phi) is 2.69. The molecule has 2 heterocycles. The van der Waals surface area contributed by atoms with Gasteiger partial charge in [-0.05, 0) is 40.9 Å². The Bertz CT molecular complexity index is 502. The summed E-state index contributed by atoms with van der Waals surface area (Å²) < 4.78 is 3.14. The first kappa shape index (κ1) is 10.5. The van der Waals surface area contributed by atoms with E-state index < -0.39 is 0 Å². The molecule has 0 aliphatic heterocycles. The molecule has 4 heteroatoms. The molecule has 80 valence electrons. The van der Waals surface area contributed by atoms with Crippen LogP contribution in [-0.2, 0) is 6.42 Å². The minimum absolute atomic E-state index is 0.651. The van der Waals surface area contributed by atoms with Crippen molar-refractivity contribution >= 4 is 27.4 Å². The van der Waals surface area contributed by atoms with Gasteiger partial charge < -0.3 is 10.1 Å². The van der Waals surface area contributed by atoms with E-state index in [0.29, 0.717) is 5.82 Å². The zero-order chi connectivity index (χ0) is 11.0. The number of fused-ring (bicyclic) bond motifs is 1. The van der Waals surface area contributed by atoms with E-state index in [4.69, 9.17) is 5.73 Å². The second kappa shape index (κ2) is 3.85. The molecule has 0 atom stereocenters. The smallest absolute Gasteiger partial charge is 0.145 e. The Hall–Kier alpha value is -1.03. The van der Waals surface area contributed by atoms with Gasteiger partial charge in [-0.1, -0.05) is 13.3 Å². The third-order valence-corrected chi connectivity index (χ3v) is 2.92. The van der Waals surface area contributed by atoms with Crippen LogP contribution in [0.2, 0.25) is 0 Å². The number of rotatable bonds is 2. The molecule has 0 spiro atoms. The highest BCUT2D eigenvalue weighted by atomic mass is 79.9. The fourth-order valence-corrected chi connectivity index (χ4v) is 2.37. The van der Waals surface area contributed by atoms with Crippen molar-refractivity contribution in [1.29, 1.82) is 0 Å². The summed E-state index contributed by atoms with van der Waals surface area (Å²) in [4.78, 5) is 4.39. The normalized spacial score (nSPS) is 11.1. The maximum absolute atomic E-state index is 5.91. The first-order valence-electron chi connectivity index (χ1n) is 5.06. The van der Waals surface area contributed by atoms with Gasteiger partial charge >= 0.3 is 0 Å². The van der Waals surface area contributed by atoms with Gasteiger partial charge in [0.15, 0.2) is 0 Å². The Balaban J connectivity index is 2.74. The quantitative estimate of drug-likeness (QED) is 0.910. The fraction of sp³-hybridized carbons (Fsp3) is 0.364. The van der Waals surface area contributed by atoms with Crippen LogP contribution in [-0.4, -0.2) is 9.38 Å². The second-order valence-corrected chi connectivity index (χ2v) is 4.64. The maximum Gasteiger partial charge on any atom is 0.145 e. The van der Waals surface area contributed by atoms with Gasteiger partial charge in [0.25, 0.3) is 0 Å². The van der Waals surface area contributed by atoms with Gasteiger partial charge in [0.2, 0.25) is 0 Å². The van der Waals surface area contributed by atoms with Crippen LogP contribution >= 0.6 is 15.9 Å². The van der Waals surface area contributed by atoms with Crippen LogP contribution in [0.5, 0.6) is 0 Å². The molecule has 0 aromatic carbocycles. The lowest BCUT2D eigenvalue weighted by Crippen LogP contribution is -1.96. The largest absolute Gasteiger partial charge is 0.382 e. The van der Waals surface area contributed by atoms with E-state index in [9.17, 15) is 0 Å². The summed E-state index contributed by atoms with van der Waals surface area (Å²) in [5.41, 5.74) is 9.11. The Morgan fingerprint density at radius 2 is 2.27 bits per heavy atom. The van der Waals surface area contributed by atoms with E-state index in [2.05, 4.69) is 38.3 Å². The molecule has 2 N–H and O–H groups in total. The Morgan fingerprint density at radius 3 is 2.93 bits per heavy atom. The van der Waals surface area contributed by atoms with Crippen molar-refractivity contribution in [3.63, 3.8) is 0 Å². The number of nitrogen functional groups attached to an aromatic ring is 1. The molecule has 0 fully saturated rings. The molecule has 0 aliphatic rings. The molecule has 0 saturated carbocycles. The van der Waals surface area contributed by atoms with Crippen LogP contribution < -0.4 is 5.73 Å². The molecule has 0 unspecified atom stereocenters. The molecular formula is C11H14BrN3. The van der Waals surface area contributed by atoms with Gasteiger partial charge in [0, 0.05) is 10.7 Å². The van der Waals surface area contributed by atoms with Gasteiger partial charge in [-0.2, -0.15) is 0 Å². The number of pyridine rings is 1. The molecule has 2 rings (SSSR count). The average molecular weight is 268 g/mol. The number of hydrogen-bond acceptors (Lipinski definition) is 2. The van der Waals surface area contributed by atoms with Gasteiger partial charge in [0.05, 0.1) is 5.69 Å². The predicted molar refractivity (Wildman–Crippen MR) is 66.0 cm³/mol. The number of aromatic nitrogens is 2. The van der Waals surface area contributed by atoms with Crippen LogP contribution in [0.3, 0.4) is 0 Å². The van der Waals surface area contributed by atoms with Crippen LogP contribution in [0.4, 0.5) is 5.82 Å². The third-order valence-electron chi connectivity index (χ3n) is 2.49. The first-order valence-corrected chi connectivity index (χ1v) is 5.85. The average Bonchev–Trinajstić information content (AvgIpc) is 2.46. The molecule has 15 heavy (non-hydrogen) atoms. The lowest BCUT2D eigenvalue weighted by atomic mass is 10.2. The van der Waals surface area contributed by atoms with Crippen molar-refractivity contribution in [3.8, 4) is 0 Å². The summed E-state index contributed by atoms with van der Waals surface area (Å²) in [6.45, 7) is 4.19. The number of hydrogen-bond donors (Lipinski definition) is 1. The van der Waals surface area contributed by atoms with Crippen molar-refractivity contribution in [1.82, 2.24) is 9.38 Å². The molecular weight excluding hydrogens is 254 g/mol. The van der Waals surface area contributed by atoms with Crippen LogP contribution in [0.15, 0.2) is 16.7 Å². The van der Waals surface area contributed by atoms with E-state index in [1.165, 1.54) is 0 Å². The lowest BCUT2D eigenvalue weighted by molar-refractivity contribution is 0.868. The van der Waals surface area contributed by atoms with Crippen molar-refractivity contribution in [2.75, 3.05) is 5.73 Å². The fourth-order valence-electron chi connectivity index (χ4n) is 1.82. The highest BCUT2D eigenvalue weighted by molar-refractivity contribution is 9.10. The van der Waals surface area contributed by atoms with Crippen molar-refractivity contribution in [3.05, 3.63) is 28.0 Å². The standard InChI is InChI=1S/C11H14BrN3/c1-3-4-9-10(13)14-11-7(2)5-8(12)6-15(9)11/h5-6H,3-4,13H2,1-2H3. The Morgan fingerprint density at radius 1 is 1.53 bits per heavy atom. The predicted octanol–water partition coefficient (Wildman–Crippen LogP) is 2.94. The molecule has 3 nitrogen and oxygen atoms in total. The summed E-state index contributed by atoms with van der Waals surface area (Å²) in [6.07, 6.45) is 4.06. The van der Waals surface area contributed by atoms with E-state index in [1.807, 2.05) is 13.1 Å². The van der Waals surface area contributed by atoms with Crippen molar-refractivity contribution in [2.24, 2.45) is 0 Å². The molecule has 0 bridgehead atoms. The summed E-state index contributed by atoms with van der Waals surface area (Å²) in [6, 6.07) is 2.05. The molecule has 0 aliphatic carbocycles. The number of nitrogens with two attached hydrogens (primary N) is 1. The molecule has 0 radical (unpaired) electrons. The van der Waals surface area contributed by atoms with Gasteiger partial charge in [-0.15, -0.1) is 0 Å². The van der Waals surface area contributed by atoms with Gasteiger partial charge in [-0.3, -0.25) is 0 Å². The van der Waals surface area contributed by atoms with E-state index in [0.717, 1.165) is 34.2 Å². The van der Waals surface area contributed by atoms with Crippen molar-refractivity contribution < 1.29 is 0 Å². The summed E-state index contributed by atoms with van der Waals surface area (Å²) in [5.74, 6) is 0.651. The lowest BCUT2D eigenvalue weighted by Gasteiger charge is -2.03. The summed E-state index contributed by atoms with van der Waals surface area (Å²) in [7, 11) is 0. The van der Waals surface area contributed by atoms with Crippen LogP contribution in [0, 0.1) is 6.92 Å². The number of nitrogens with zero attached hydrogens (tertiary/aromatic N) is 2. The van der Waals surface area contributed by atoms with E-state index >= 15 is 0 Å². The molecule has 2 aromatic rings. The molecule has 0 saturated heterocycles. The van der Waals surface area contributed by atoms with Crippen LogP contribution in [0.25, 0.3) is 5.65 Å². The zero-order valence-corrected chi connectivity index (χ0v) is 10.5. The van der Waals surface area contributed by atoms with E-state index in [-0.39, 0.29) is 0 Å². The topological polar surface area (TPSA) is 43.3 Å². The first-order chi connectivity index (χ1) is 7.13. The summed E-state index contributed by atoms with van der Waals surface area (Å²) in [5, 5.41) is 0. The number of anilines is 1. The highest BCUT2D eigenvalue weighted by Gasteiger charge is 2.10. The minimum atomic E-state index is 0.651. The third kappa shape index (κ3) is 1.74. The molecule has 2 aromatic heterocycles. The summed E-state index contributed by atoms with van der Waals surface area (Å²) >= 11 is 3.49. The SMILES string of the molecule is CCCc1c(N)nc2c(C)cc(Br)cn12. The van der Waals surface area contributed by atoms with Crippen LogP contribution in [0.1, 0.15) is 24.6 Å². The van der Waals surface area contributed by atoms with Gasteiger partial charge in [0.1, 0.15) is 11.5 Å². The van der Waals surface area contributed by atoms with E-state index in [1.54, 1.807) is 0 Å². The maximum atomic E-state index is 5.91. The number of imidazole rings is 1. The molecule has 0 amide bonds. The monoisotopic (exact) mass is 267 g/mol. The van der Waals surface area contributed by atoms with Crippen molar-refractivity contribution in [2.45, 2.75) is 26.7 Å². The Labute approximate surface area is 97.4 Å².